The molecule has 30 heavy (non-hydrogen) atoms. The average Bonchev–Trinajstić information content (AvgIpc) is 2.75. The fourth-order valence-corrected chi connectivity index (χ4v) is 3.38. The van der Waals surface area contributed by atoms with Crippen molar-refractivity contribution < 1.29 is 9.59 Å². The Morgan fingerprint density at radius 3 is 2.23 bits per heavy atom. The van der Waals surface area contributed by atoms with Gasteiger partial charge in [-0.05, 0) is 48.4 Å². The summed E-state index contributed by atoms with van der Waals surface area (Å²) in [6, 6.07) is 15.2. The third kappa shape index (κ3) is 7.17. The van der Waals surface area contributed by atoms with Crippen LogP contribution >= 0.6 is 11.6 Å². The van der Waals surface area contributed by atoms with Gasteiger partial charge in [0.15, 0.2) is 0 Å². The Labute approximate surface area is 185 Å². The zero-order valence-corrected chi connectivity index (χ0v) is 19.2. The topological polar surface area (TPSA) is 49.4 Å². The van der Waals surface area contributed by atoms with Gasteiger partial charge in [0.1, 0.15) is 6.04 Å². The third-order valence-electron chi connectivity index (χ3n) is 5.21. The summed E-state index contributed by atoms with van der Waals surface area (Å²) in [5, 5.41) is 3.54. The van der Waals surface area contributed by atoms with Gasteiger partial charge in [-0.2, -0.15) is 0 Å². The maximum atomic E-state index is 13.1. The lowest BCUT2D eigenvalue weighted by atomic mass is 10.0. The summed E-state index contributed by atoms with van der Waals surface area (Å²) in [6.45, 7) is 8.88. The Hall–Kier alpha value is -2.33. The van der Waals surface area contributed by atoms with Crippen molar-refractivity contribution in [3.63, 3.8) is 0 Å². The molecule has 0 fully saturated rings. The highest BCUT2D eigenvalue weighted by Crippen LogP contribution is 2.20. The van der Waals surface area contributed by atoms with Crippen molar-refractivity contribution in [2.45, 2.75) is 59.5 Å². The second kappa shape index (κ2) is 11.8. The van der Waals surface area contributed by atoms with E-state index in [-0.39, 0.29) is 11.8 Å². The summed E-state index contributed by atoms with van der Waals surface area (Å²) >= 11 is 6.32. The summed E-state index contributed by atoms with van der Waals surface area (Å²) in [4.78, 5) is 27.5. The number of nitrogens with one attached hydrogen (secondary N) is 1. The smallest absolute Gasteiger partial charge is 0.242 e. The number of carbonyl (C=O) groups excluding carboxylic acids is 2. The quantitative estimate of drug-likeness (QED) is 0.577. The first-order chi connectivity index (χ1) is 14.3. The minimum atomic E-state index is -0.574. The molecular formula is C25H33ClN2O2. The van der Waals surface area contributed by atoms with E-state index in [0.29, 0.717) is 36.9 Å². The second-order valence-electron chi connectivity index (χ2n) is 8.10. The summed E-state index contributed by atoms with van der Waals surface area (Å²) in [5.41, 5.74) is 3.24. The van der Waals surface area contributed by atoms with Crippen molar-refractivity contribution >= 4 is 23.4 Å². The van der Waals surface area contributed by atoms with Gasteiger partial charge in [0.25, 0.3) is 0 Å². The number of halogens is 1. The van der Waals surface area contributed by atoms with Gasteiger partial charge in [0.05, 0.1) is 0 Å². The van der Waals surface area contributed by atoms with Crippen LogP contribution in [0.3, 0.4) is 0 Å². The summed E-state index contributed by atoms with van der Waals surface area (Å²) in [6.07, 6.45) is 1.98. The highest BCUT2D eigenvalue weighted by Gasteiger charge is 2.26. The lowest BCUT2D eigenvalue weighted by molar-refractivity contribution is -0.140. The number of hydrogen-bond donors (Lipinski definition) is 1. The summed E-state index contributed by atoms with van der Waals surface area (Å²) in [5.74, 6) is 0.151. The molecule has 0 heterocycles. The van der Waals surface area contributed by atoms with Gasteiger partial charge in [0.2, 0.25) is 11.8 Å². The molecule has 4 nitrogen and oxygen atoms in total. The van der Waals surface area contributed by atoms with Crippen molar-refractivity contribution in [3.05, 3.63) is 70.2 Å². The Balaban J connectivity index is 2.12. The molecule has 0 saturated carbocycles. The van der Waals surface area contributed by atoms with Crippen LogP contribution in [0.25, 0.3) is 0 Å². The molecule has 0 aliphatic rings. The molecule has 0 radical (unpaired) electrons. The second-order valence-corrected chi connectivity index (χ2v) is 8.51. The molecule has 2 amide bonds. The van der Waals surface area contributed by atoms with E-state index in [1.165, 1.54) is 5.56 Å². The van der Waals surface area contributed by atoms with E-state index in [2.05, 4.69) is 36.5 Å². The molecule has 1 N–H and O–H groups in total. The van der Waals surface area contributed by atoms with E-state index in [1.54, 1.807) is 17.9 Å². The maximum absolute atomic E-state index is 13.1. The van der Waals surface area contributed by atoms with Gasteiger partial charge in [-0.15, -0.1) is 0 Å². The first kappa shape index (κ1) is 23.9. The Morgan fingerprint density at radius 2 is 1.63 bits per heavy atom. The van der Waals surface area contributed by atoms with E-state index in [1.807, 2.05) is 32.0 Å². The lowest BCUT2D eigenvalue weighted by Gasteiger charge is -2.29. The first-order valence-electron chi connectivity index (χ1n) is 10.7. The molecule has 2 aromatic carbocycles. The molecule has 1 atom stereocenters. The zero-order chi connectivity index (χ0) is 22.1. The SMILES string of the molecule is CCc1ccc(CCC(=O)N(Cc2ccccc2Cl)[C@H](C)C(=O)NCC(C)C)cc1. The summed E-state index contributed by atoms with van der Waals surface area (Å²) in [7, 11) is 0. The van der Waals surface area contributed by atoms with Crippen molar-refractivity contribution in [1.29, 1.82) is 0 Å². The average molecular weight is 429 g/mol. The number of carbonyl (C=O) groups is 2. The Kier molecular flexibility index (Phi) is 9.38. The molecule has 2 rings (SSSR count). The number of amides is 2. The molecule has 0 aliphatic carbocycles. The number of nitrogens with zero attached hydrogens (tertiary/aromatic N) is 1. The van der Waals surface area contributed by atoms with Gasteiger partial charge < -0.3 is 10.2 Å². The van der Waals surface area contributed by atoms with Gasteiger partial charge in [-0.3, -0.25) is 9.59 Å². The standard InChI is InChI=1S/C25H33ClN2O2/c1-5-20-10-12-21(13-11-20)14-15-24(29)28(17-22-8-6-7-9-23(22)26)19(4)25(30)27-16-18(2)3/h6-13,18-19H,5,14-17H2,1-4H3,(H,27,30)/t19-/m1/s1. The number of hydrogen-bond acceptors (Lipinski definition) is 2. The number of benzene rings is 2. The monoisotopic (exact) mass is 428 g/mol. The van der Waals surface area contributed by atoms with Crippen LogP contribution in [-0.4, -0.2) is 29.3 Å². The third-order valence-corrected chi connectivity index (χ3v) is 5.58. The van der Waals surface area contributed by atoms with E-state index >= 15 is 0 Å². The molecule has 0 aromatic heterocycles. The fraction of sp³-hybridized carbons (Fsp3) is 0.440. The molecule has 0 bridgehead atoms. The van der Waals surface area contributed by atoms with Crippen LogP contribution in [0.4, 0.5) is 0 Å². The van der Waals surface area contributed by atoms with Crippen LogP contribution in [-0.2, 0) is 29.0 Å². The van der Waals surface area contributed by atoms with Crippen LogP contribution in [0, 0.1) is 5.92 Å². The maximum Gasteiger partial charge on any atom is 0.242 e. The van der Waals surface area contributed by atoms with E-state index < -0.39 is 6.04 Å². The molecule has 162 valence electrons. The van der Waals surface area contributed by atoms with E-state index in [4.69, 9.17) is 11.6 Å². The van der Waals surface area contributed by atoms with Crippen molar-refractivity contribution in [1.82, 2.24) is 10.2 Å². The van der Waals surface area contributed by atoms with Crippen molar-refractivity contribution in [3.8, 4) is 0 Å². The molecule has 0 aliphatic heterocycles. The van der Waals surface area contributed by atoms with Gasteiger partial charge in [-0.1, -0.05) is 74.8 Å². The highest BCUT2D eigenvalue weighted by molar-refractivity contribution is 6.31. The van der Waals surface area contributed by atoms with E-state index in [9.17, 15) is 9.59 Å². The van der Waals surface area contributed by atoms with Crippen molar-refractivity contribution in [2.24, 2.45) is 5.92 Å². The highest BCUT2D eigenvalue weighted by atomic mass is 35.5. The molecule has 0 spiro atoms. The Morgan fingerprint density at radius 1 is 1.00 bits per heavy atom. The van der Waals surface area contributed by atoms with Crippen LogP contribution in [0.5, 0.6) is 0 Å². The molecule has 5 heteroatoms. The number of rotatable bonds is 10. The largest absolute Gasteiger partial charge is 0.354 e. The molecule has 0 unspecified atom stereocenters. The molecular weight excluding hydrogens is 396 g/mol. The predicted molar refractivity (Wildman–Crippen MR) is 123 cm³/mol. The van der Waals surface area contributed by atoms with E-state index in [0.717, 1.165) is 17.5 Å². The normalized spacial score (nSPS) is 11.9. The fourth-order valence-electron chi connectivity index (χ4n) is 3.18. The Bertz CT molecular complexity index is 833. The van der Waals surface area contributed by atoms with Gasteiger partial charge in [-0.25, -0.2) is 0 Å². The first-order valence-corrected chi connectivity index (χ1v) is 11.1. The minimum absolute atomic E-state index is 0.0540. The van der Waals surface area contributed by atoms with Crippen LogP contribution in [0.2, 0.25) is 5.02 Å². The van der Waals surface area contributed by atoms with Crippen LogP contribution < -0.4 is 5.32 Å². The zero-order valence-electron chi connectivity index (χ0n) is 18.5. The van der Waals surface area contributed by atoms with Crippen molar-refractivity contribution in [2.75, 3.05) is 6.54 Å². The molecule has 2 aromatic rings. The number of aryl methyl sites for hydroxylation is 2. The lowest BCUT2D eigenvalue weighted by Crippen LogP contribution is -2.48. The van der Waals surface area contributed by atoms with Crippen LogP contribution in [0.15, 0.2) is 48.5 Å². The van der Waals surface area contributed by atoms with Crippen LogP contribution in [0.1, 0.15) is 50.8 Å². The molecule has 0 saturated heterocycles. The minimum Gasteiger partial charge on any atom is -0.354 e. The summed E-state index contributed by atoms with van der Waals surface area (Å²) < 4.78 is 0. The van der Waals surface area contributed by atoms with Gasteiger partial charge in [0, 0.05) is 24.5 Å². The van der Waals surface area contributed by atoms with Gasteiger partial charge >= 0.3 is 0 Å². The predicted octanol–water partition coefficient (Wildman–Crippen LogP) is 5.02.